The third-order valence-electron chi connectivity index (χ3n) is 4.92. The first-order valence-electron chi connectivity index (χ1n) is 7.93. The lowest BCUT2D eigenvalue weighted by molar-refractivity contribution is 0.0626. The van der Waals surface area contributed by atoms with Crippen molar-refractivity contribution in [2.45, 2.75) is 24.0 Å². The Kier molecular flexibility index (Phi) is 2.94. The van der Waals surface area contributed by atoms with Crippen molar-refractivity contribution in [2.24, 2.45) is 0 Å². The van der Waals surface area contributed by atoms with Gasteiger partial charge in [-0.2, -0.15) is 9.50 Å². The Balaban J connectivity index is 1.71. The van der Waals surface area contributed by atoms with E-state index in [-0.39, 0.29) is 11.9 Å². The molecule has 2 aromatic heterocycles. The van der Waals surface area contributed by atoms with Crippen molar-refractivity contribution in [1.82, 2.24) is 24.5 Å². The molecule has 6 nitrogen and oxygen atoms in total. The predicted molar refractivity (Wildman–Crippen MR) is 90.2 cm³/mol. The first kappa shape index (κ1) is 14.0. The Labute approximate surface area is 142 Å². The van der Waals surface area contributed by atoms with Gasteiger partial charge in [-0.05, 0) is 23.8 Å². The van der Waals surface area contributed by atoms with E-state index in [1.165, 1.54) is 22.9 Å². The van der Waals surface area contributed by atoms with Crippen molar-refractivity contribution >= 4 is 23.4 Å². The molecule has 0 fully saturated rings. The van der Waals surface area contributed by atoms with Crippen LogP contribution in [0.5, 0.6) is 0 Å². The van der Waals surface area contributed by atoms with Crippen LogP contribution in [0.25, 0.3) is 5.78 Å². The van der Waals surface area contributed by atoms with Crippen LogP contribution in [0.15, 0.2) is 35.6 Å². The summed E-state index contributed by atoms with van der Waals surface area (Å²) in [6.07, 6.45) is 5.24. The molecule has 1 aromatic carbocycles. The minimum atomic E-state index is 0.0476. The zero-order chi connectivity index (χ0) is 16.3. The second-order valence-corrected chi connectivity index (χ2v) is 6.87. The molecule has 0 aliphatic carbocycles. The summed E-state index contributed by atoms with van der Waals surface area (Å²) in [5.41, 5.74) is 4.15. The number of benzene rings is 1. The first-order chi connectivity index (χ1) is 11.8. The number of thioether (sulfide) groups is 1. The lowest BCUT2D eigenvalue weighted by atomic mass is 9.86. The molecule has 0 N–H and O–H groups in total. The van der Waals surface area contributed by atoms with Gasteiger partial charge in [0.05, 0.1) is 17.3 Å². The van der Waals surface area contributed by atoms with Gasteiger partial charge in [0.2, 0.25) is 5.16 Å². The Bertz CT molecular complexity index is 982. The van der Waals surface area contributed by atoms with Crippen LogP contribution in [0, 0.1) is 0 Å². The van der Waals surface area contributed by atoms with E-state index in [9.17, 15) is 4.79 Å². The van der Waals surface area contributed by atoms with Crippen LogP contribution in [-0.4, -0.2) is 43.2 Å². The predicted octanol–water partition coefficient (Wildman–Crippen LogP) is 2.14. The van der Waals surface area contributed by atoms with Crippen LogP contribution >= 0.6 is 11.8 Å². The highest BCUT2D eigenvalue weighted by atomic mass is 32.2. The fourth-order valence-corrected chi connectivity index (χ4v) is 4.11. The van der Waals surface area contributed by atoms with Crippen LogP contribution in [0.2, 0.25) is 0 Å². The van der Waals surface area contributed by atoms with Crippen LogP contribution in [0.3, 0.4) is 0 Å². The fraction of sp³-hybridized carbons (Fsp3) is 0.294. The minimum absolute atomic E-state index is 0.0476. The number of fused-ring (bicyclic) bond motifs is 6. The van der Waals surface area contributed by atoms with E-state index in [1.807, 2.05) is 17.2 Å². The minimum Gasteiger partial charge on any atom is -0.331 e. The van der Waals surface area contributed by atoms with Crippen molar-refractivity contribution < 1.29 is 4.79 Å². The molecule has 2 aliphatic heterocycles. The topological polar surface area (TPSA) is 63.4 Å². The third-order valence-corrected chi connectivity index (χ3v) is 5.46. The fourth-order valence-electron chi connectivity index (χ4n) is 3.78. The van der Waals surface area contributed by atoms with Gasteiger partial charge in [0.25, 0.3) is 11.7 Å². The molecule has 1 atom stereocenters. The van der Waals surface area contributed by atoms with E-state index in [1.54, 1.807) is 10.7 Å². The van der Waals surface area contributed by atoms with Crippen molar-refractivity contribution in [1.29, 1.82) is 0 Å². The highest BCUT2D eigenvalue weighted by Crippen LogP contribution is 2.37. The first-order valence-corrected chi connectivity index (χ1v) is 9.16. The van der Waals surface area contributed by atoms with Gasteiger partial charge in [-0.3, -0.25) is 4.79 Å². The molecule has 0 unspecified atom stereocenters. The molecule has 0 radical (unpaired) electrons. The summed E-state index contributed by atoms with van der Waals surface area (Å²) in [7, 11) is 0. The molecule has 0 saturated carbocycles. The number of amides is 1. The van der Waals surface area contributed by atoms with Gasteiger partial charge >= 0.3 is 0 Å². The molecule has 0 spiro atoms. The summed E-state index contributed by atoms with van der Waals surface area (Å²) in [5.74, 6) is 0.606. The number of hydrogen-bond donors (Lipinski definition) is 0. The maximum Gasteiger partial charge on any atom is 0.257 e. The Morgan fingerprint density at radius 3 is 3.04 bits per heavy atom. The molecular formula is C17H15N5OS. The van der Waals surface area contributed by atoms with Gasteiger partial charge in [0.15, 0.2) is 0 Å². The lowest BCUT2D eigenvalue weighted by Gasteiger charge is -2.40. The lowest BCUT2D eigenvalue weighted by Crippen LogP contribution is -2.45. The molecule has 5 rings (SSSR count). The van der Waals surface area contributed by atoms with Crippen molar-refractivity contribution in [3.8, 4) is 0 Å². The molecule has 3 aromatic rings. The van der Waals surface area contributed by atoms with E-state index in [0.29, 0.717) is 16.5 Å². The van der Waals surface area contributed by atoms with Crippen molar-refractivity contribution in [3.63, 3.8) is 0 Å². The molecule has 0 bridgehead atoms. The molecule has 4 heterocycles. The Hall–Kier alpha value is -2.41. The maximum atomic E-state index is 13.0. The number of aromatic nitrogens is 4. The smallest absolute Gasteiger partial charge is 0.257 e. The Morgan fingerprint density at radius 1 is 1.29 bits per heavy atom. The molecule has 7 heteroatoms. The van der Waals surface area contributed by atoms with E-state index in [4.69, 9.17) is 0 Å². The third kappa shape index (κ3) is 1.84. The van der Waals surface area contributed by atoms with E-state index in [2.05, 4.69) is 33.3 Å². The van der Waals surface area contributed by atoms with Crippen LogP contribution < -0.4 is 0 Å². The quantitative estimate of drug-likeness (QED) is 0.637. The summed E-state index contributed by atoms with van der Waals surface area (Å²) in [5, 5.41) is 5.18. The Morgan fingerprint density at radius 2 is 2.17 bits per heavy atom. The molecule has 24 heavy (non-hydrogen) atoms. The van der Waals surface area contributed by atoms with Gasteiger partial charge in [-0.1, -0.05) is 36.0 Å². The standard InChI is InChI=1S/C17H15N5OS/c1-24-17-19-16-18-9-12-14(22(16)20-17)8-13-11-5-3-2-4-10(11)6-7-21(13)15(12)23/h2-5,9,13H,6-8H2,1H3/t13-/m1/s1. The van der Waals surface area contributed by atoms with E-state index >= 15 is 0 Å². The van der Waals surface area contributed by atoms with Crippen LogP contribution in [0.4, 0.5) is 0 Å². The van der Waals surface area contributed by atoms with Gasteiger partial charge in [0.1, 0.15) is 0 Å². The summed E-state index contributed by atoms with van der Waals surface area (Å²) in [4.78, 5) is 23.7. The zero-order valence-electron chi connectivity index (χ0n) is 13.1. The molecule has 2 aliphatic rings. The zero-order valence-corrected chi connectivity index (χ0v) is 14.0. The van der Waals surface area contributed by atoms with Gasteiger partial charge in [0, 0.05) is 19.2 Å². The van der Waals surface area contributed by atoms with Gasteiger partial charge < -0.3 is 4.90 Å². The highest BCUT2D eigenvalue weighted by molar-refractivity contribution is 7.98. The number of carbonyl (C=O) groups is 1. The number of nitrogens with zero attached hydrogens (tertiary/aromatic N) is 5. The summed E-state index contributed by atoms with van der Waals surface area (Å²) >= 11 is 1.48. The van der Waals surface area contributed by atoms with E-state index < -0.39 is 0 Å². The largest absolute Gasteiger partial charge is 0.331 e. The highest BCUT2D eigenvalue weighted by Gasteiger charge is 2.38. The second-order valence-electron chi connectivity index (χ2n) is 6.10. The second kappa shape index (κ2) is 5.04. The monoisotopic (exact) mass is 337 g/mol. The average molecular weight is 337 g/mol. The van der Waals surface area contributed by atoms with Crippen molar-refractivity contribution in [2.75, 3.05) is 12.8 Å². The number of hydrogen-bond acceptors (Lipinski definition) is 5. The average Bonchev–Trinajstić information content (AvgIpc) is 3.05. The van der Waals surface area contributed by atoms with Gasteiger partial charge in [-0.15, -0.1) is 5.10 Å². The number of rotatable bonds is 1. The molecule has 120 valence electrons. The van der Waals surface area contributed by atoms with E-state index in [0.717, 1.165) is 25.1 Å². The SMILES string of the molecule is CSc1nc2ncc3c(n2n1)C[C@@H]1c2ccccc2CCN1C3=O. The summed E-state index contributed by atoms with van der Waals surface area (Å²) in [6.45, 7) is 0.755. The van der Waals surface area contributed by atoms with Gasteiger partial charge in [-0.25, -0.2) is 4.98 Å². The van der Waals surface area contributed by atoms with Crippen LogP contribution in [-0.2, 0) is 12.8 Å². The van der Waals surface area contributed by atoms with Crippen LogP contribution in [0.1, 0.15) is 33.2 Å². The normalized spacial score (nSPS) is 19.1. The molecule has 1 amide bonds. The maximum absolute atomic E-state index is 13.0. The molecular weight excluding hydrogens is 322 g/mol. The number of carbonyl (C=O) groups excluding carboxylic acids is 1. The van der Waals surface area contributed by atoms with Crippen molar-refractivity contribution in [3.05, 3.63) is 52.8 Å². The summed E-state index contributed by atoms with van der Waals surface area (Å²) in [6, 6.07) is 8.49. The molecule has 0 saturated heterocycles. The summed E-state index contributed by atoms with van der Waals surface area (Å²) < 4.78 is 1.74.